The highest BCUT2D eigenvalue weighted by molar-refractivity contribution is 7.17. The molecule has 0 aliphatic rings. The fourth-order valence-electron chi connectivity index (χ4n) is 3.92. The van der Waals surface area contributed by atoms with Gasteiger partial charge in [-0.15, -0.1) is 11.3 Å². The number of rotatable bonds is 9. The zero-order valence-electron chi connectivity index (χ0n) is 20.2. The van der Waals surface area contributed by atoms with Gasteiger partial charge in [0.15, 0.2) is 0 Å². The fourth-order valence-corrected chi connectivity index (χ4v) is 4.77. The summed E-state index contributed by atoms with van der Waals surface area (Å²) in [6, 6.07) is 16.9. The third-order valence-corrected chi connectivity index (χ3v) is 6.84. The summed E-state index contributed by atoms with van der Waals surface area (Å²) in [6.07, 6.45) is 0.495. The summed E-state index contributed by atoms with van der Waals surface area (Å²) < 4.78 is 2.84. The second-order valence-electron chi connectivity index (χ2n) is 8.69. The molecule has 0 saturated heterocycles. The Morgan fingerprint density at radius 2 is 1.67 bits per heavy atom. The molecular formula is C27H28N4O4S. The average Bonchev–Trinajstić information content (AvgIpc) is 3.35. The predicted molar refractivity (Wildman–Crippen MR) is 142 cm³/mol. The number of para-hydroxylation sites is 1. The van der Waals surface area contributed by atoms with Crippen molar-refractivity contribution in [3.8, 4) is 0 Å². The van der Waals surface area contributed by atoms with Gasteiger partial charge in [0, 0.05) is 25.2 Å². The van der Waals surface area contributed by atoms with Gasteiger partial charge in [0.2, 0.25) is 11.8 Å². The van der Waals surface area contributed by atoms with Gasteiger partial charge in [-0.1, -0.05) is 48.0 Å². The van der Waals surface area contributed by atoms with Crippen LogP contribution in [0.2, 0.25) is 0 Å². The molecule has 2 heterocycles. The Bertz CT molecular complexity index is 1520. The van der Waals surface area contributed by atoms with Crippen LogP contribution in [0.5, 0.6) is 0 Å². The number of hydrogen-bond acceptors (Lipinski definition) is 5. The van der Waals surface area contributed by atoms with Crippen LogP contribution in [-0.2, 0) is 29.2 Å². The molecule has 0 saturated carbocycles. The largest absolute Gasteiger partial charge is 0.352 e. The number of hydrogen-bond donors (Lipinski definition) is 2. The molecule has 0 fully saturated rings. The molecule has 0 aliphatic carbocycles. The number of nitrogens with one attached hydrogen (secondary N) is 2. The lowest BCUT2D eigenvalue weighted by molar-refractivity contribution is -0.121. The van der Waals surface area contributed by atoms with Gasteiger partial charge in [-0.25, -0.2) is 4.79 Å². The molecule has 2 aromatic heterocycles. The molecule has 2 aromatic carbocycles. The highest BCUT2D eigenvalue weighted by atomic mass is 32.1. The van der Waals surface area contributed by atoms with Gasteiger partial charge < -0.3 is 10.6 Å². The Hall–Kier alpha value is -3.98. The highest BCUT2D eigenvalue weighted by Gasteiger charge is 2.17. The van der Waals surface area contributed by atoms with E-state index in [0.717, 1.165) is 21.3 Å². The van der Waals surface area contributed by atoms with E-state index in [-0.39, 0.29) is 31.3 Å². The SMILES string of the molecule is Cc1ccc(CNC(=O)CCCn2c(=O)c3sccc3n(CC(=O)Nc3ccccc3C)c2=O)cc1. The van der Waals surface area contributed by atoms with E-state index >= 15 is 0 Å². The number of aryl methyl sites for hydroxylation is 2. The maximum Gasteiger partial charge on any atom is 0.332 e. The summed E-state index contributed by atoms with van der Waals surface area (Å²) in [7, 11) is 0. The van der Waals surface area contributed by atoms with Crippen LogP contribution in [-0.4, -0.2) is 20.9 Å². The van der Waals surface area contributed by atoms with Gasteiger partial charge in [0.05, 0.1) is 5.52 Å². The molecule has 0 spiro atoms. The maximum absolute atomic E-state index is 13.2. The van der Waals surface area contributed by atoms with E-state index in [1.54, 1.807) is 17.5 Å². The van der Waals surface area contributed by atoms with E-state index in [4.69, 9.17) is 0 Å². The standard InChI is InChI=1S/C27H28N4O4S/c1-18-9-11-20(12-10-18)16-28-23(32)8-5-14-30-26(34)25-22(13-15-36-25)31(27(30)35)17-24(33)29-21-7-4-3-6-19(21)2/h3-4,6-7,9-13,15H,5,8,14,16-17H2,1-2H3,(H,28,32)(H,29,33). The van der Waals surface area contributed by atoms with Crippen molar-refractivity contribution in [2.24, 2.45) is 0 Å². The van der Waals surface area contributed by atoms with Crippen LogP contribution in [0.25, 0.3) is 10.2 Å². The lowest BCUT2D eigenvalue weighted by Gasteiger charge is -2.13. The molecule has 9 heteroatoms. The zero-order chi connectivity index (χ0) is 25.7. The number of carbonyl (C=O) groups excluding carboxylic acids is 2. The molecule has 36 heavy (non-hydrogen) atoms. The molecule has 0 bridgehead atoms. The van der Waals surface area contributed by atoms with Crippen molar-refractivity contribution < 1.29 is 9.59 Å². The number of nitrogens with zero attached hydrogens (tertiary/aromatic N) is 2. The smallest absolute Gasteiger partial charge is 0.332 e. The van der Waals surface area contributed by atoms with Crippen LogP contribution < -0.4 is 21.9 Å². The second kappa shape index (κ2) is 11.2. The highest BCUT2D eigenvalue weighted by Crippen LogP contribution is 2.17. The fraction of sp³-hybridized carbons (Fsp3) is 0.259. The zero-order valence-corrected chi connectivity index (χ0v) is 21.1. The number of carbonyl (C=O) groups is 2. The normalized spacial score (nSPS) is 10.9. The van der Waals surface area contributed by atoms with Crippen LogP contribution in [0.3, 0.4) is 0 Å². The monoisotopic (exact) mass is 504 g/mol. The van der Waals surface area contributed by atoms with Gasteiger partial charge in [0.25, 0.3) is 5.56 Å². The molecule has 2 N–H and O–H groups in total. The molecular weight excluding hydrogens is 476 g/mol. The summed E-state index contributed by atoms with van der Waals surface area (Å²) in [5.74, 6) is -0.515. The van der Waals surface area contributed by atoms with Gasteiger partial charge in [-0.05, 0) is 48.9 Å². The van der Waals surface area contributed by atoms with Crippen molar-refractivity contribution in [3.05, 3.63) is 97.5 Å². The summed E-state index contributed by atoms with van der Waals surface area (Å²) in [5.41, 5.74) is 3.19. The van der Waals surface area contributed by atoms with Crippen LogP contribution in [0, 0.1) is 13.8 Å². The van der Waals surface area contributed by atoms with Crippen molar-refractivity contribution in [2.45, 2.75) is 46.3 Å². The Morgan fingerprint density at radius 1 is 0.917 bits per heavy atom. The van der Waals surface area contributed by atoms with Crippen molar-refractivity contribution in [1.82, 2.24) is 14.5 Å². The molecule has 0 atom stereocenters. The summed E-state index contributed by atoms with van der Waals surface area (Å²) in [6.45, 7) is 4.17. The molecule has 4 aromatic rings. The van der Waals surface area contributed by atoms with E-state index in [9.17, 15) is 19.2 Å². The third-order valence-electron chi connectivity index (χ3n) is 5.95. The third kappa shape index (κ3) is 5.80. The lowest BCUT2D eigenvalue weighted by atomic mass is 10.1. The van der Waals surface area contributed by atoms with E-state index in [1.807, 2.05) is 56.3 Å². The Morgan fingerprint density at radius 3 is 2.42 bits per heavy atom. The number of benzene rings is 2. The van der Waals surface area contributed by atoms with E-state index in [2.05, 4.69) is 10.6 Å². The summed E-state index contributed by atoms with van der Waals surface area (Å²) >= 11 is 1.23. The quantitative estimate of drug-likeness (QED) is 0.364. The number of thiophene rings is 1. The minimum Gasteiger partial charge on any atom is -0.352 e. The second-order valence-corrected chi connectivity index (χ2v) is 9.61. The van der Waals surface area contributed by atoms with E-state index in [0.29, 0.717) is 28.9 Å². The first-order chi connectivity index (χ1) is 17.3. The molecule has 0 aliphatic heterocycles. The molecule has 8 nitrogen and oxygen atoms in total. The van der Waals surface area contributed by atoms with Crippen molar-refractivity contribution in [1.29, 1.82) is 0 Å². The first kappa shape index (κ1) is 25.1. The average molecular weight is 505 g/mol. The minimum atomic E-state index is -0.564. The molecule has 0 unspecified atom stereocenters. The maximum atomic E-state index is 13.2. The number of amides is 2. The lowest BCUT2D eigenvalue weighted by Crippen LogP contribution is -2.41. The van der Waals surface area contributed by atoms with Gasteiger partial charge >= 0.3 is 5.69 Å². The Kier molecular flexibility index (Phi) is 7.80. The number of fused-ring (bicyclic) bond motifs is 1. The molecule has 186 valence electrons. The van der Waals surface area contributed by atoms with Crippen LogP contribution in [0.4, 0.5) is 5.69 Å². The van der Waals surface area contributed by atoms with Crippen molar-refractivity contribution >= 4 is 39.1 Å². The van der Waals surface area contributed by atoms with Crippen molar-refractivity contribution in [3.63, 3.8) is 0 Å². The van der Waals surface area contributed by atoms with Crippen LogP contribution >= 0.6 is 11.3 Å². The van der Waals surface area contributed by atoms with Gasteiger partial charge in [0.1, 0.15) is 11.2 Å². The Balaban J connectivity index is 1.44. The summed E-state index contributed by atoms with van der Waals surface area (Å²) in [5, 5.41) is 7.42. The first-order valence-corrected chi connectivity index (χ1v) is 12.6. The van der Waals surface area contributed by atoms with Gasteiger partial charge in [-0.3, -0.25) is 23.5 Å². The van der Waals surface area contributed by atoms with E-state index in [1.165, 1.54) is 15.9 Å². The topological polar surface area (TPSA) is 102 Å². The van der Waals surface area contributed by atoms with Gasteiger partial charge in [-0.2, -0.15) is 0 Å². The van der Waals surface area contributed by atoms with Crippen molar-refractivity contribution in [2.75, 3.05) is 5.32 Å². The van der Waals surface area contributed by atoms with Crippen LogP contribution in [0.1, 0.15) is 29.5 Å². The molecule has 4 rings (SSSR count). The number of anilines is 1. The summed E-state index contributed by atoms with van der Waals surface area (Å²) in [4.78, 5) is 51.2. The predicted octanol–water partition coefficient (Wildman–Crippen LogP) is 3.58. The molecule has 0 radical (unpaired) electrons. The van der Waals surface area contributed by atoms with Crippen LogP contribution in [0.15, 0.2) is 69.6 Å². The Labute approximate surface area is 212 Å². The molecule has 2 amide bonds. The minimum absolute atomic E-state index is 0.0862. The van der Waals surface area contributed by atoms with E-state index < -0.39 is 11.2 Å². The first-order valence-electron chi connectivity index (χ1n) is 11.7. The number of aromatic nitrogens is 2.